The highest BCUT2D eigenvalue weighted by Crippen LogP contribution is 2.01. The third-order valence-corrected chi connectivity index (χ3v) is 1.36. The van der Waals surface area contributed by atoms with Crippen molar-refractivity contribution in [1.29, 1.82) is 0 Å². The Balaban J connectivity index is 2.86. The number of pyridine rings is 1. The van der Waals surface area contributed by atoms with Crippen LogP contribution in [0.2, 0.25) is 0 Å². The molecular weight excluding hydrogens is 186 g/mol. The number of aromatic nitrogens is 1. The summed E-state index contributed by atoms with van der Waals surface area (Å²) in [6, 6.07) is 1.17. The van der Waals surface area contributed by atoms with Gasteiger partial charge in [0.1, 0.15) is 6.42 Å². The monoisotopic (exact) mass is 193 g/mol. The topological polar surface area (TPSA) is 90.4 Å². The number of aromatic amines is 1. The lowest BCUT2D eigenvalue weighted by molar-refractivity contribution is -0.135. The van der Waals surface area contributed by atoms with Gasteiger partial charge in [0.2, 0.25) is 0 Å². The SMILES string of the molecule is O=C(O)CC#Cc1c[nH]c(=O)c(O)c1. The summed E-state index contributed by atoms with van der Waals surface area (Å²) in [7, 11) is 0. The summed E-state index contributed by atoms with van der Waals surface area (Å²) in [5.41, 5.74) is -0.239. The van der Waals surface area contributed by atoms with Crippen molar-refractivity contribution in [2.24, 2.45) is 0 Å². The van der Waals surface area contributed by atoms with Crippen LogP contribution in [0, 0.1) is 11.8 Å². The van der Waals surface area contributed by atoms with Crippen LogP contribution in [-0.2, 0) is 4.79 Å². The van der Waals surface area contributed by atoms with Crippen LogP contribution in [0.1, 0.15) is 12.0 Å². The van der Waals surface area contributed by atoms with E-state index in [1.807, 2.05) is 0 Å². The van der Waals surface area contributed by atoms with E-state index in [2.05, 4.69) is 16.8 Å². The molecule has 0 aliphatic heterocycles. The highest BCUT2D eigenvalue weighted by atomic mass is 16.4. The van der Waals surface area contributed by atoms with Crippen molar-refractivity contribution in [2.75, 3.05) is 0 Å². The number of aliphatic carboxylic acids is 1. The van der Waals surface area contributed by atoms with Crippen molar-refractivity contribution < 1.29 is 15.0 Å². The van der Waals surface area contributed by atoms with Crippen LogP contribution in [0.25, 0.3) is 0 Å². The van der Waals surface area contributed by atoms with Gasteiger partial charge in [-0.3, -0.25) is 9.59 Å². The summed E-state index contributed by atoms with van der Waals surface area (Å²) < 4.78 is 0. The van der Waals surface area contributed by atoms with E-state index in [0.717, 1.165) is 0 Å². The van der Waals surface area contributed by atoms with E-state index in [1.54, 1.807) is 0 Å². The van der Waals surface area contributed by atoms with Gasteiger partial charge >= 0.3 is 5.97 Å². The van der Waals surface area contributed by atoms with E-state index in [0.29, 0.717) is 5.56 Å². The smallest absolute Gasteiger partial charge is 0.315 e. The zero-order valence-corrected chi connectivity index (χ0v) is 7.07. The summed E-state index contributed by atoms with van der Waals surface area (Å²) in [4.78, 5) is 23.1. The van der Waals surface area contributed by atoms with Crippen LogP contribution in [0.4, 0.5) is 0 Å². The van der Waals surface area contributed by atoms with Crippen molar-refractivity contribution in [3.63, 3.8) is 0 Å². The van der Waals surface area contributed by atoms with E-state index in [4.69, 9.17) is 10.2 Å². The molecule has 0 spiro atoms. The molecule has 0 aromatic carbocycles. The van der Waals surface area contributed by atoms with Crippen LogP contribution < -0.4 is 5.56 Å². The molecule has 0 saturated carbocycles. The standard InChI is InChI=1S/C9H7NO4/c11-7-4-6(5-10-9(7)14)2-1-3-8(12)13/h4-5,11H,3H2,(H,10,14)(H,12,13). The number of carbonyl (C=O) groups is 1. The van der Waals surface area contributed by atoms with Crippen molar-refractivity contribution in [2.45, 2.75) is 6.42 Å². The second-order valence-corrected chi connectivity index (χ2v) is 2.48. The first-order valence-corrected chi connectivity index (χ1v) is 3.72. The molecule has 1 heterocycles. The molecule has 0 radical (unpaired) electrons. The normalized spacial score (nSPS) is 8.86. The van der Waals surface area contributed by atoms with Gasteiger partial charge in [0.15, 0.2) is 5.75 Å². The molecule has 0 amide bonds. The van der Waals surface area contributed by atoms with Crippen molar-refractivity contribution in [3.8, 4) is 17.6 Å². The highest BCUT2D eigenvalue weighted by Gasteiger charge is 1.96. The molecule has 14 heavy (non-hydrogen) atoms. The van der Waals surface area contributed by atoms with Gasteiger partial charge in [-0.25, -0.2) is 0 Å². The fourth-order valence-electron chi connectivity index (χ4n) is 0.766. The molecule has 0 aliphatic rings. The number of aromatic hydroxyl groups is 1. The second-order valence-electron chi connectivity index (χ2n) is 2.48. The predicted molar refractivity (Wildman–Crippen MR) is 47.9 cm³/mol. The van der Waals surface area contributed by atoms with Gasteiger partial charge in [0.05, 0.1) is 0 Å². The lowest BCUT2D eigenvalue weighted by Crippen LogP contribution is -2.03. The van der Waals surface area contributed by atoms with E-state index >= 15 is 0 Å². The summed E-state index contributed by atoms with van der Waals surface area (Å²) in [6.07, 6.45) is 1.02. The van der Waals surface area contributed by atoms with E-state index in [9.17, 15) is 9.59 Å². The first-order valence-electron chi connectivity index (χ1n) is 3.72. The Bertz CT molecular complexity index is 464. The van der Waals surface area contributed by atoms with Gasteiger partial charge < -0.3 is 15.2 Å². The van der Waals surface area contributed by atoms with Crippen LogP contribution in [-0.4, -0.2) is 21.2 Å². The molecule has 3 N–H and O–H groups in total. The summed E-state index contributed by atoms with van der Waals surface area (Å²) in [5.74, 6) is 3.39. The van der Waals surface area contributed by atoms with Gasteiger partial charge in [-0.1, -0.05) is 11.8 Å². The predicted octanol–water partition coefficient (Wildman–Crippen LogP) is -0.0933. The first-order chi connectivity index (χ1) is 6.59. The summed E-state index contributed by atoms with van der Waals surface area (Å²) in [6.45, 7) is 0. The lowest BCUT2D eigenvalue weighted by atomic mass is 10.2. The number of hydrogen-bond acceptors (Lipinski definition) is 3. The molecule has 5 heteroatoms. The minimum absolute atomic E-state index is 0.278. The zero-order valence-electron chi connectivity index (χ0n) is 7.07. The number of nitrogens with one attached hydrogen (secondary N) is 1. The molecule has 0 fully saturated rings. The first kappa shape index (κ1) is 9.86. The maximum Gasteiger partial charge on any atom is 0.315 e. The van der Waals surface area contributed by atoms with E-state index < -0.39 is 17.3 Å². The molecular formula is C9H7NO4. The average Bonchev–Trinajstić information content (AvgIpc) is 2.10. The number of carboxylic acid groups (broad SMARTS) is 1. The molecule has 72 valence electrons. The van der Waals surface area contributed by atoms with Gasteiger partial charge in [-0.05, 0) is 0 Å². The quantitative estimate of drug-likeness (QED) is 0.543. The maximum absolute atomic E-state index is 10.7. The number of carboxylic acids is 1. The minimum Gasteiger partial charge on any atom is -0.503 e. The van der Waals surface area contributed by atoms with Crippen LogP contribution in [0.3, 0.4) is 0 Å². The van der Waals surface area contributed by atoms with Crippen molar-refractivity contribution in [3.05, 3.63) is 28.2 Å². The molecule has 0 atom stereocenters. The molecule has 1 aromatic rings. The molecule has 0 unspecified atom stereocenters. The summed E-state index contributed by atoms with van der Waals surface area (Å²) in [5, 5.41) is 17.3. The molecule has 0 bridgehead atoms. The molecule has 5 nitrogen and oxygen atoms in total. The van der Waals surface area contributed by atoms with Gasteiger partial charge in [-0.15, -0.1) is 0 Å². The number of H-pyrrole nitrogens is 1. The average molecular weight is 193 g/mol. The molecule has 1 rings (SSSR count). The van der Waals surface area contributed by atoms with Crippen LogP contribution in [0.15, 0.2) is 17.1 Å². The molecule has 1 aromatic heterocycles. The van der Waals surface area contributed by atoms with Crippen LogP contribution in [0.5, 0.6) is 5.75 Å². The maximum atomic E-state index is 10.7. The Morgan fingerprint density at radius 2 is 2.29 bits per heavy atom. The lowest BCUT2D eigenvalue weighted by Gasteiger charge is -1.90. The van der Waals surface area contributed by atoms with E-state index in [-0.39, 0.29) is 6.42 Å². The van der Waals surface area contributed by atoms with Crippen molar-refractivity contribution >= 4 is 5.97 Å². The molecule has 0 saturated heterocycles. The van der Waals surface area contributed by atoms with E-state index in [1.165, 1.54) is 12.3 Å². The van der Waals surface area contributed by atoms with Gasteiger partial charge in [-0.2, -0.15) is 0 Å². The Labute approximate surface area is 79.0 Å². The van der Waals surface area contributed by atoms with Crippen molar-refractivity contribution in [1.82, 2.24) is 4.98 Å². The number of rotatable bonds is 1. The van der Waals surface area contributed by atoms with Gasteiger partial charge in [0, 0.05) is 17.8 Å². The highest BCUT2D eigenvalue weighted by molar-refractivity contribution is 5.70. The van der Waals surface area contributed by atoms with Gasteiger partial charge in [0.25, 0.3) is 5.56 Å². The fraction of sp³-hybridized carbons (Fsp3) is 0.111. The zero-order chi connectivity index (χ0) is 10.6. The minimum atomic E-state index is -1.02. The van der Waals surface area contributed by atoms with Crippen LogP contribution >= 0.6 is 0 Å². The Morgan fingerprint density at radius 3 is 2.86 bits per heavy atom. The number of hydrogen-bond donors (Lipinski definition) is 3. The second kappa shape index (κ2) is 4.14. The summed E-state index contributed by atoms with van der Waals surface area (Å²) >= 11 is 0. The Hall–Kier alpha value is -2.22. The fourth-order valence-corrected chi connectivity index (χ4v) is 0.766. The Kier molecular flexibility index (Phi) is 2.92. The molecule has 0 aliphatic carbocycles. The largest absolute Gasteiger partial charge is 0.503 e. The Morgan fingerprint density at radius 1 is 1.57 bits per heavy atom. The third-order valence-electron chi connectivity index (χ3n) is 1.36. The third kappa shape index (κ3) is 2.68.